The van der Waals surface area contributed by atoms with Crippen LogP contribution in [-0.2, 0) is 0 Å². The molecule has 12 aromatic rings. The predicted molar refractivity (Wildman–Crippen MR) is 236 cm³/mol. The lowest BCUT2D eigenvalue weighted by Crippen LogP contribution is -2.01. The molecule has 0 N–H and O–H groups in total. The Balaban J connectivity index is 1.01. The Labute approximate surface area is 330 Å². The minimum Gasteiger partial charge on any atom is -0.456 e. The number of rotatable bonds is 5. The Morgan fingerprint density at radius 2 is 1.00 bits per heavy atom. The summed E-state index contributed by atoms with van der Waals surface area (Å²) in [6.07, 6.45) is 0. The number of benzene rings is 8. The highest BCUT2D eigenvalue weighted by molar-refractivity contribution is 7.26. The largest absolute Gasteiger partial charge is 0.456 e. The first-order chi connectivity index (χ1) is 28.2. The van der Waals surface area contributed by atoms with Gasteiger partial charge >= 0.3 is 0 Å². The van der Waals surface area contributed by atoms with Crippen molar-refractivity contribution in [1.29, 1.82) is 0 Å². The summed E-state index contributed by atoms with van der Waals surface area (Å²) in [5.74, 6) is 1.92. The first-order valence-corrected chi connectivity index (χ1v) is 19.8. The van der Waals surface area contributed by atoms with E-state index in [0.29, 0.717) is 17.5 Å². The van der Waals surface area contributed by atoms with Crippen molar-refractivity contribution in [2.45, 2.75) is 0 Å². The molecule has 0 atom stereocenters. The average molecular weight is 747 g/mol. The quantitative estimate of drug-likeness (QED) is 0.176. The van der Waals surface area contributed by atoms with Gasteiger partial charge in [-0.25, -0.2) is 15.0 Å². The van der Waals surface area contributed by atoms with Crippen LogP contribution in [0.4, 0.5) is 0 Å². The third kappa shape index (κ3) is 5.12. The fourth-order valence-corrected chi connectivity index (χ4v) is 9.64. The van der Waals surface area contributed by atoms with Crippen molar-refractivity contribution in [3.63, 3.8) is 0 Å². The second kappa shape index (κ2) is 12.6. The zero-order valence-corrected chi connectivity index (χ0v) is 31.2. The van der Waals surface area contributed by atoms with E-state index in [2.05, 4.69) is 156 Å². The van der Waals surface area contributed by atoms with E-state index >= 15 is 0 Å². The molecule has 0 aliphatic carbocycles. The van der Waals surface area contributed by atoms with E-state index in [0.717, 1.165) is 65.6 Å². The molecule has 0 saturated heterocycles. The van der Waals surface area contributed by atoms with Crippen molar-refractivity contribution in [3.05, 3.63) is 182 Å². The van der Waals surface area contributed by atoms with Crippen molar-refractivity contribution >= 4 is 75.3 Å². The summed E-state index contributed by atoms with van der Waals surface area (Å²) in [6.45, 7) is 0. The second-order valence-corrected chi connectivity index (χ2v) is 15.4. The van der Waals surface area contributed by atoms with Crippen molar-refractivity contribution in [2.75, 3.05) is 0 Å². The minimum atomic E-state index is 0.629. The Morgan fingerprint density at radius 1 is 0.386 bits per heavy atom. The maximum atomic E-state index is 6.12. The van der Waals surface area contributed by atoms with Gasteiger partial charge in [0.15, 0.2) is 17.5 Å². The molecule has 12 rings (SSSR count). The fraction of sp³-hybridized carbons (Fsp3) is 0. The van der Waals surface area contributed by atoms with Crippen LogP contribution in [0.2, 0.25) is 0 Å². The van der Waals surface area contributed by atoms with Crippen molar-refractivity contribution in [1.82, 2.24) is 19.5 Å². The van der Waals surface area contributed by atoms with Crippen LogP contribution >= 0.6 is 11.3 Å². The molecule has 0 unspecified atom stereocenters. The first-order valence-electron chi connectivity index (χ1n) is 19.0. The van der Waals surface area contributed by atoms with Crippen molar-refractivity contribution < 1.29 is 4.42 Å². The molecule has 0 bridgehead atoms. The van der Waals surface area contributed by atoms with Gasteiger partial charge in [0.1, 0.15) is 11.2 Å². The summed E-state index contributed by atoms with van der Waals surface area (Å²) in [6, 6.07) is 63.8. The molecule has 57 heavy (non-hydrogen) atoms. The van der Waals surface area contributed by atoms with Crippen LogP contribution in [0.15, 0.2) is 186 Å². The van der Waals surface area contributed by atoms with Gasteiger partial charge in [-0.1, -0.05) is 127 Å². The molecule has 0 aliphatic heterocycles. The van der Waals surface area contributed by atoms with E-state index in [9.17, 15) is 0 Å². The Hall–Kier alpha value is -7.41. The number of furan rings is 1. The lowest BCUT2D eigenvalue weighted by atomic mass is 10.0. The highest BCUT2D eigenvalue weighted by atomic mass is 32.1. The zero-order chi connectivity index (χ0) is 37.5. The van der Waals surface area contributed by atoms with Crippen LogP contribution < -0.4 is 0 Å². The van der Waals surface area contributed by atoms with E-state index < -0.39 is 0 Å². The number of para-hydroxylation sites is 3. The number of hydrogen-bond donors (Lipinski definition) is 0. The molecule has 0 radical (unpaired) electrons. The topological polar surface area (TPSA) is 56.7 Å². The van der Waals surface area contributed by atoms with Crippen LogP contribution in [0.1, 0.15) is 0 Å². The number of fused-ring (bicyclic) bond motifs is 9. The molecule has 4 heterocycles. The average Bonchev–Trinajstić information content (AvgIpc) is 3.95. The third-order valence-electron chi connectivity index (χ3n) is 11.1. The summed E-state index contributed by atoms with van der Waals surface area (Å²) in [5.41, 5.74) is 10.4. The number of nitrogens with zero attached hydrogens (tertiary/aromatic N) is 4. The van der Waals surface area contributed by atoms with E-state index in [1.54, 1.807) is 11.3 Å². The van der Waals surface area contributed by atoms with Gasteiger partial charge in [-0.05, 0) is 65.7 Å². The summed E-state index contributed by atoms with van der Waals surface area (Å²) >= 11 is 1.78. The Bertz CT molecular complexity index is 3490. The molecule has 8 aromatic carbocycles. The first kappa shape index (κ1) is 31.9. The lowest BCUT2D eigenvalue weighted by molar-refractivity contribution is 0.669. The molecule has 6 heteroatoms. The fourth-order valence-electron chi connectivity index (χ4n) is 8.39. The van der Waals surface area contributed by atoms with E-state index in [4.69, 9.17) is 19.4 Å². The van der Waals surface area contributed by atoms with Gasteiger partial charge in [0, 0.05) is 64.1 Å². The van der Waals surface area contributed by atoms with Gasteiger partial charge in [-0.3, -0.25) is 0 Å². The van der Waals surface area contributed by atoms with E-state index in [1.807, 2.05) is 30.3 Å². The summed E-state index contributed by atoms with van der Waals surface area (Å²) in [4.78, 5) is 15.5. The molecule has 0 spiro atoms. The maximum Gasteiger partial charge on any atom is 0.165 e. The summed E-state index contributed by atoms with van der Waals surface area (Å²) in [7, 11) is 0. The van der Waals surface area contributed by atoms with Gasteiger partial charge in [-0.2, -0.15) is 0 Å². The molecule has 4 aromatic heterocycles. The lowest BCUT2D eigenvalue weighted by Gasteiger charge is -2.12. The van der Waals surface area contributed by atoms with Gasteiger partial charge in [0.2, 0.25) is 0 Å². The normalized spacial score (nSPS) is 11.9. The molecule has 0 amide bonds. The highest BCUT2D eigenvalue weighted by Gasteiger charge is 2.19. The predicted octanol–water partition coefficient (Wildman–Crippen LogP) is 13.9. The van der Waals surface area contributed by atoms with Crippen molar-refractivity contribution in [3.8, 4) is 51.0 Å². The third-order valence-corrected chi connectivity index (χ3v) is 12.3. The van der Waals surface area contributed by atoms with E-state index in [1.165, 1.54) is 31.8 Å². The highest BCUT2D eigenvalue weighted by Crippen LogP contribution is 2.42. The van der Waals surface area contributed by atoms with Gasteiger partial charge in [0.05, 0.1) is 11.0 Å². The van der Waals surface area contributed by atoms with Crippen molar-refractivity contribution in [2.24, 2.45) is 0 Å². The maximum absolute atomic E-state index is 6.12. The van der Waals surface area contributed by atoms with Gasteiger partial charge in [0.25, 0.3) is 0 Å². The van der Waals surface area contributed by atoms with E-state index in [-0.39, 0.29) is 0 Å². The minimum absolute atomic E-state index is 0.629. The molecule has 0 saturated carbocycles. The molecular formula is C51H30N4OS. The standard InChI is InChI=1S/C51H30N4OS/c1-2-12-31(13-3-1)49-52-50(34-14-10-15-35(28-34)55-43-21-7-4-16-36(43)37-17-5-8-22-44(37)55)54-51(53-49)41-20-11-19-40-39-26-24-33(30-47(39)57-48(40)41)32-25-27-46-42(29-32)38-18-6-9-23-45(38)56-46/h1-30H. The van der Waals surface area contributed by atoms with Crippen LogP contribution in [0, 0.1) is 0 Å². The van der Waals surface area contributed by atoms with Gasteiger partial charge in [-0.15, -0.1) is 11.3 Å². The number of hydrogen-bond acceptors (Lipinski definition) is 5. The summed E-state index contributed by atoms with van der Waals surface area (Å²) in [5, 5.41) is 7.11. The monoisotopic (exact) mass is 746 g/mol. The van der Waals surface area contributed by atoms with Crippen LogP contribution in [-0.4, -0.2) is 19.5 Å². The molecule has 0 fully saturated rings. The Kier molecular flexibility index (Phi) is 7.03. The molecule has 5 nitrogen and oxygen atoms in total. The second-order valence-electron chi connectivity index (χ2n) is 14.4. The molecule has 266 valence electrons. The van der Waals surface area contributed by atoms with Crippen LogP contribution in [0.25, 0.3) is 115 Å². The molecule has 0 aliphatic rings. The van der Waals surface area contributed by atoms with Crippen LogP contribution in [0.5, 0.6) is 0 Å². The van der Waals surface area contributed by atoms with Crippen LogP contribution in [0.3, 0.4) is 0 Å². The van der Waals surface area contributed by atoms with Gasteiger partial charge < -0.3 is 8.98 Å². The molecular weight excluding hydrogens is 717 g/mol. The Morgan fingerprint density at radius 3 is 1.82 bits per heavy atom. The number of thiophene rings is 1. The zero-order valence-electron chi connectivity index (χ0n) is 30.4. The SMILES string of the molecule is c1ccc(-c2nc(-c3cccc(-n4c5ccccc5c5ccccc54)c3)nc(-c3cccc4c3sc3cc(-c5ccc6oc7ccccc7c6c5)ccc34)n2)cc1. The smallest absolute Gasteiger partial charge is 0.165 e. The summed E-state index contributed by atoms with van der Waals surface area (Å²) < 4.78 is 10.8. The number of aromatic nitrogens is 4.